The van der Waals surface area contributed by atoms with Crippen LogP contribution in [-0.2, 0) is 0 Å². The molecule has 0 aromatic carbocycles. The summed E-state index contributed by atoms with van der Waals surface area (Å²) in [4.78, 5) is 4.25. The van der Waals surface area contributed by atoms with Gasteiger partial charge in [0, 0.05) is 13.1 Å². The van der Waals surface area contributed by atoms with Crippen LogP contribution in [0.15, 0.2) is 18.5 Å². The molecule has 0 aliphatic rings. The van der Waals surface area contributed by atoms with E-state index in [9.17, 15) is 0 Å². The standard InChI is InChI=1S/C15H27N3/c1-6-7-17-13-8-14(11-16-10-13)18-9-12(2)15(3,4)5/h8,10-12,17-18H,6-7,9H2,1-5H3. The zero-order valence-corrected chi connectivity index (χ0v) is 12.4. The molecule has 1 atom stereocenters. The first-order valence-electron chi connectivity index (χ1n) is 6.86. The lowest BCUT2D eigenvalue weighted by Crippen LogP contribution is -2.24. The second-order valence-corrected chi connectivity index (χ2v) is 6.04. The SMILES string of the molecule is CCCNc1cncc(NCC(C)C(C)(C)C)c1. The van der Waals surface area contributed by atoms with Crippen molar-refractivity contribution < 1.29 is 0 Å². The van der Waals surface area contributed by atoms with Gasteiger partial charge in [-0.25, -0.2) is 0 Å². The fraction of sp³-hybridized carbons (Fsp3) is 0.667. The maximum Gasteiger partial charge on any atom is 0.0547 e. The largest absolute Gasteiger partial charge is 0.384 e. The fourth-order valence-corrected chi connectivity index (χ4v) is 1.48. The maximum atomic E-state index is 4.25. The van der Waals surface area contributed by atoms with Gasteiger partial charge in [0.1, 0.15) is 0 Å². The zero-order valence-electron chi connectivity index (χ0n) is 12.4. The van der Waals surface area contributed by atoms with Crippen LogP contribution in [0.5, 0.6) is 0 Å². The van der Waals surface area contributed by atoms with Gasteiger partial charge in [0.2, 0.25) is 0 Å². The van der Waals surface area contributed by atoms with Gasteiger partial charge in [0.25, 0.3) is 0 Å². The highest BCUT2D eigenvalue weighted by Gasteiger charge is 2.19. The molecule has 1 heterocycles. The summed E-state index contributed by atoms with van der Waals surface area (Å²) in [5.74, 6) is 0.616. The van der Waals surface area contributed by atoms with E-state index in [1.165, 1.54) is 0 Å². The zero-order chi connectivity index (χ0) is 13.6. The minimum absolute atomic E-state index is 0.332. The molecule has 0 bridgehead atoms. The highest BCUT2D eigenvalue weighted by Crippen LogP contribution is 2.25. The van der Waals surface area contributed by atoms with Gasteiger partial charge in [-0.3, -0.25) is 4.98 Å². The van der Waals surface area contributed by atoms with Gasteiger partial charge in [-0.1, -0.05) is 34.6 Å². The average molecular weight is 249 g/mol. The Hall–Kier alpha value is -1.25. The first-order chi connectivity index (χ1) is 8.43. The van der Waals surface area contributed by atoms with E-state index in [2.05, 4.69) is 56.3 Å². The molecule has 3 nitrogen and oxygen atoms in total. The molecule has 3 heteroatoms. The average Bonchev–Trinajstić information content (AvgIpc) is 2.32. The maximum absolute atomic E-state index is 4.25. The number of pyridine rings is 1. The first kappa shape index (κ1) is 14.8. The van der Waals surface area contributed by atoms with Crippen molar-refractivity contribution in [1.29, 1.82) is 0 Å². The van der Waals surface area contributed by atoms with Crippen LogP contribution in [-0.4, -0.2) is 18.1 Å². The molecule has 102 valence electrons. The summed E-state index contributed by atoms with van der Waals surface area (Å²) < 4.78 is 0. The quantitative estimate of drug-likeness (QED) is 0.800. The van der Waals surface area contributed by atoms with Gasteiger partial charge in [0.05, 0.1) is 23.8 Å². The van der Waals surface area contributed by atoms with E-state index in [1.54, 1.807) is 0 Å². The van der Waals surface area contributed by atoms with Crippen LogP contribution in [0, 0.1) is 11.3 Å². The van der Waals surface area contributed by atoms with Crippen LogP contribution in [0.4, 0.5) is 11.4 Å². The Bertz CT molecular complexity index is 355. The summed E-state index contributed by atoms with van der Waals surface area (Å²) in [6.45, 7) is 13.2. The Morgan fingerprint density at radius 2 is 1.78 bits per heavy atom. The molecule has 18 heavy (non-hydrogen) atoms. The summed E-state index contributed by atoms with van der Waals surface area (Å²) in [5, 5.41) is 6.82. The number of hydrogen-bond acceptors (Lipinski definition) is 3. The number of nitrogens with zero attached hydrogens (tertiary/aromatic N) is 1. The topological polar surface area (TPSA) is 37.0 Å². The van der Waals surface area contributed by atoms with E-state index in [1.807, 2.05) is 12.4 Å². The van der Waals surface area contributed by atoms with Gasteiger partial charge in [-0.05, 0) is 23.8 Å². The molecule has 0 spiro atoms. The van der Waals surface area contributed by atoms with E-state index in [0.717, 1.165) is 30.9 Å². The van der Waals surface area contributed by atoms with Crippen molar-refractivity contribution in [3.8, 4) is 0 Å². The Labute approximate surface area is 111 Å². The molecule has 1 aromatic rings. The third kappa shape index (κ3) is 4.94. The van der Waals surface area contributed by atoms with E-state index in [-0.39, 0.29) is 0 Å². The molecule has 0 fully saturated rings. The lowest BCUT2D eigenvalue weighted by Gasteiger charge is -2.27. The fourth-order valence-electron chi connectivity index (χ4n) is 1.48. The molecule has 1 rings (SSSR count). The number of nitrogens with one attached hydrogen (secondary N) is 2. The second kappa shape index (κ2) is 6.62. The molecular formula is C15H27N3. The Balaban J connectivity index is 2.52. The smallest absolute Gasteiger partial charge is 0.0547 e. The predicted molar refractivity (Wildman–Crippen MR) is 80.1 cm³/mol. The summed E-state index contributed by atoms with van der Waals surface area (Å²) >= 11 is 0. The van der Waals surface area contributed by atoms with Crippen molar-refractivity contribution in [3.05, 3.63) is 18.5 Å². The molecule has 2 N–H and O–H groups in total. The summed E-state index contributed by atoms with van der Waals surface area (Å²) in [7, 11) is 0. The molecule has 0 saturated carbocycles. The van der Waals surface area contributed by atoms with Crippen molar-refractivity contribution in [1.82, 2.24) is 4.98 Å². The summed E-state index contributed by atoms with van der Waals surface area (Å²) in [6, 6.07) is 2.12. The van der Waals surface area contributed by atoms with E-state index >= 15 is 0 Å². The Morgan fingerprint density at radius 3 is 2.33 bits per heavy atom. The van der Waals surface area contributed by atoms with Crippen molar-refractivity contribution in [3.63, 3.8) is 0 Å². The van der Waals surface area contributed by atoms with Crippen LogP contribution in [0.1, 0.15) is 41.0 Å². The Kier molecular flexibility index (Phi) is 5.45. The summed E-state index contributed by atoms with van der Waals surface area (Å²) in [6.07, 6.45) is 4.87. The molecule has 0 aliphatic heterocycles. The molecule has 1 unspecified atom stereocenters. The van der Waals surface area contributed by atoms with Crippen LogP contribution < -0.4 is 10.6 Å². The van der Waals surface area contributed by atoms with Gasteiger partial charge in [-0.2, -0.15) is 0 Å². The van der Waals surface area contributed by atoms with Gasteiger partial charge >= 0.3 is 0 Å². The highest BCUT2D eigenvalue weighted by molar-refractivity contribution is 5.53. The van der Waals surface area contributed by atoms with Crippen LogP contribution in [0.2, 0.25) is 0 Å². The minimum atomic E-state index is 0.332. The van der Waals surface area contributed by atoms with Crippen molar-refractivity contribution in [2.75, 3.05) is 23.7 Å². The first-order valence-corrected chi connectivity index (χ1v) is 6.86. The molecule has 0 radical (unpaired) electrons. The lowest BCUT2D eigenvalue weighted by molar-refractivity contribution is 0.274. The lowest BCUT2D eigenvalue weighted by atomic mass is 9.82. The van der Waals surface area contributed by atoms with Crippen molar-refractivity contribution in [2.45, 2.75) is 41.0 Å². The molecule has 1 aromatic heterocycles. The van der Waals surface area contributed by atoms with E-state index < -0.39 is 0 Å². The second-order valence-electron chi connectivity index (χ2n) is 6.04. The van der Waals surface area contributed by atoms with E-state index in [0.29, 0.717) is 11.3 Å². The van der Waals surface area contributed by atoms with Crippen LogP contribution >= 0.6 is 0 Å². The highest BCUT2D eigenvalue weighted by atomic mass is 14.9. The molecule has 0 aliphatic carbocycles. The number of hydrogen-bond donors (Lipinski definition) is 2. The van der Waals surface area contributed by atoms with Crippen molar-refractivity contribution >= 4 is 11.4 Å². The van der Waals surface area contributed by atoms with Crippen LogP contribution in [0.25, 0.3) is 0 Å². The monoisotopic (exact) mass is 249 g/mol. The number of aromatic nitrogens is 1. The van der Waals surface area contributed by atoms with Gasteiger partial charge < -0.3 is 10.6 Å². The number of anilines is 2. The van der Waals surface area contributed by atoms with Gasteiger partial charge in [0.15, 0.2) is 0 Å². The minimum Gasteiger partial charge on any atom is -0.384 e. The molecule has 0 amide bonds. The third-order valence-electron chi connectivity index (χ3n) is 3.41. The molecule has 0 saturated heterocycles. The summed E-state index contributed by atoms with van der Waals surface area (Å²) in [5.41, 5.74) is 2.51. The third-order valence-corrected chi connectivity index (χ3v) is 3.41. The Morgan fingerprint density at radius 1 is 1.17 bits per heavy atom. The van der Waals surface area contributed by atoms with E-state index in [4.69, 9.17) is 0 Å². The van der Waals surface area contributed by atoms with Crippen LogP contribution in [0.3, 0.4) is 0 Å². The molecular weight excluding hydrogens is 222 g/mol. The predicted octanol–water partition coefficient (Wildman–Crippen LogP) is 4.00. The van der Waals surface area contributed by atoms with Crippen molar-refractivity contribution in [2.24, 2.45) is 11.3 Å². The number of rotatable bonds is 6. The normalized spacial score (nSPS) is 13.2. The van der Waals surface area contributed by atoms with Gasteiger partial charge in [-0.15, -0.1) is 0 Å².